The molecule has 196 valence electrons. The van der Waals surface area contributed by atoms with Crippen molar-refractivity contribution in [1.82, 2.24) is 14.5 Å². The Bertz CT molecular complexity index is 1130. The summed E-state index contributed by atoms with van der Waals surface area (Å²) in [5.41, 5.74) is 1.11. The van der Waals surface area contributed by atoms with Gasteiger partial charge in [-0.2, -0.15) is 4.31 Å². The molecule has 2 saturated heterocycles. The van der Waals surface area contributed by atoms with Crippen LogP contribution in [0.1, 0.15) is 37.7 Å². The Morgan fingerprint density at radius 3 is 2.31 bits per heavy atom. The number of nitrogens with zero attached hydrogens (tertiary/aromatic N) is 2. The van der Waals surface area contributed by atoms with Crippen molar-refractivity contribution >= 4 is 39.1 Å². The van der Waals surface area contributed by atoms with Crippen molar-refractivity contribution < 1.29 is 17.9 Å². The first kappa shape index (κ1) is 27.2. The highest BCUT2D eigenvalue weighted by atomic mass is 35.5. The van der Waals surface area contributed by atoms with E-state index in [1.807, 2.05) is 18.2 Å². The van der Waals surface area contributed by atoms with E-state index in [0.717, 1.165) is 57.3 Å². The predicted octanol–water partition coefficient (Wildman–Crippen LogP) is 4.58. The van der Waals surface area contributed by atoms with Gasteiger partial charge in [-0.05, 0) is 80.7 Å². The van der Waals surface area contributed by atoms with Crippen molar-refractivity contribution in [2.45, 2.75) is 43.5 Å². The number of carbonyl (C=O) groups is 1. The first-order valence-electron chi connectivity index (χ1n) is 12.5. The zero-order chi connectivity index (χ0) is 25.5. The second-order valence-corrected chi connectivity index (χ2v) is 12.1. The fourth-order valence-electron chi connectivity index (χ4n) is 4.70. The van der Waals surface area contributed by atoms with Crippen molar-refractivity contribution in [3.05, 3.63) is 58.1 Å². The number of sulfonamides is 1. The van der Waals surface area contributed by atoms with Crippen molar-refractivity contribution in [3.8, 4) is 5.75 Å². The Hall–Kier alpha value is -1.84. The molecule has 2 aromatic carbocycles. The molecule has 2 aliphatic heterocycles. The van der Waals surface area contributed by atoms with Crippen LogP contribution in [0.2, 0.25) is 10.0 Å². The van der Waals surface area contributed by atoms with Gasteiger partial charge in [0.05, 0.1) is 21.5 Å². The highest BCUT2D eigenvalue weighted by molar-refractivity contribution is 7.89. The normalized spacial score (nSPS) is 18.2. The van der Waals surface area contributed by atoms with Crippen LogP contribution in [0.15, 0.2) is 47.4 Å². The Morgan fingerprint density at radius 2 is 1.64 bits per heavy atom. The second kappa shape index (κ2) is 12.6. The molecule has 4 rings (SSSR count). The maximum atomic E-state index is 12.7. The van der Waals surface area contributed by atoms with Crippen molar-refractivity contribution in [3.63, 3.8) is 0 Å². The molecule has 10 heteroatoms. The zero-order valence-corrected chi connectivity index (χ0v) is 22.6. The molecule has 2 heterocycles. The highest BCUT2D eigenvalue weighted by Gasteiger charge is 2.26. The van der Waals surface area contributed by atoms with Crippen molar-refractivity contribution in [2.24, 2.45) is 5.92 Å². The van der Waals surface area contributed by atoms with Gasteiger partial charge < -0.3 is 10.1 Å². The number of hydrogen-bond acceptors (Lipinski definition) is 5. The van der Waals surface area contributed by atoms with Gasteiger partial charge in [-0.3, -0.25) is 9.69 Å². The van der Waals surface area contributed by atoms with Crippen LogP contribution in [-0.2, 0) is 21.4 Å². The monoisotopic (exact) mass is 553 g/mol. The maximum absolute atomic E-state index is 12.7. The molecular formula is C26H33Cl2N3O4S. The summed E-state index contributed by atoms with van der Waals surface area (Å²) >= 11 is 12.1. The number of nitrogens with one attached hydrogen (secondary N) is 1. The number of amides is 1. The van der Waals surface area contributed by atoms with E-state index in [4.69, 9.17) is 27.9 Å². The average molecular weight is 555 g/mol. The zero-order valence-electron chi connectivity index (χ0n) is 20.3. The molecule has 0 saturated carbocycles. The van der Waals surface area contributed by atoms with Crippen LogP contribution in [0.5, 0.6) is 5.75 Å². The van der Waals surface area contributed by atoms with E-state index < -0.39 is 10.0 Å². The number of hydrogen-bond donors (Lipinski definition) is 1. The Balaban J connectivity index is 1.15. The lowest BCUT2D eigenvalue weighted by Gasteiger charge is -2.31. The topological polar surface area (TPSA) is 78.9 Å². The molecule has 7 nitrogen and oxygen atoms in total. The lowest BCUT2D eigenvalue weighted by Crippen LogP contribution is -2.41. The molecule has 2 aliphatic rings. The first-order valence-corrected chi connectivity index (χ1v) is 14.7. The number of halogens is 2. The minimum absolute atomic E-state index is 0.00525. The molecule has 0 unspecified atom stereocenters. The van der Waals surface area contributed by atoms with Gasteiger partial charge in [0.25, 0.3) is 0 Å². The van der Waals surface area contributed by atoms with Crippen LogP contribution >= 0.6 is 23.2 Å². The van der Waals surface area contributed by atoms with E-state index in [9.17, 15) is 13.2 Å². The molecule has 2 fully saturated rings. The van der Waals surface area contributed by atoms with Gasteiger partial charge in [-0.15, -0.1) is 0 Å². The minimum atomic E-state index is -3.45. The predicted molar refractivity (Wildman–Crippen MR) is 142 cm³/mol. The third-order valence-corrected chi connectivity index (χ3v) is 9.45. The van der Waals surface area contributed by atoms with Gasteiger partial charge in [0.2, 0.25) is 15.9 Å². The molecule has 0 bridgehead atoms. The summed E-state index contributed by atoms with van der Waals surface area (Å²) in [7, 11) is -3.45. The number of benzene rings is 2. The fraction of sp³-hybridized carbons (Fsp3) is 0.500. The third kappa shape index (κ3) is 7.13. The Labute approximate surface area is 223 Å². The summed E-state index contributed by atoms with van der Waals surface area (Å²) < 4.78 is 32.8. The lowest BCUT2D eigenvalue weighted by molar-refractivity contribution is -0.126. The van der Waals surface area contributed by atoms with E-state index in [2.05, 4.69) is 10.2 Å². The lowest BCUT2D eigenvalue weighted by atomic mass is 9.95. The third-order valence-electron chi connectivity index (χ3n) is 6.80. The van der Waals surface area contributed by atoms with E-state index in [-0.39, 0.29) is 16.7 Å². The van der Waals surface area contributed by atoms with Gasteiger partial charge in [0.1, 0.15) is 12.4 Å². The molecule has 0 radical (unpaired) electrons. The number of piperidine rings is 2. The summed E-state index contributed by atoms with van der Waals surface area (Å²) in [6, 6.07) is 12.2. The standard InChI is InChI=1S/C26H33Cl2N3O4S/c27-24-9-4-20(18-25(24)28)19-30-15-10-21(11-16-30)26(32)29-12-17-35-22-5-7-23(8-6-22)36(33,34)31-13-2-1-3-14-31/h4-9,18,21H,1-3,10-17,19H2,(H,29,32). The van der Waals surface area contributed by atoms with Gasteiger partial charge in [-0.1, -0.05) is 35.7 Å². The number of carbonyl (C=O) groups excluding carboxylic acids is 1. The van der Waals surface area contributed by atoms with Crippen LogP contribution in [0.4, 0.5) is 0 Å². The van der Waals surface area contributed by atoms with Gasteiger partial charge in [0.15, 0.2) is 0 Å². The van der Waals surface area contributed by atoms with E-state index in [0.29, 0.717) is 42.0 Å². The average Bonchev–Trinajstić information content (AvgIpc) is 2.90. The largest absolute Gasteiger partial charge is 0.492 e. The smallest absolute Gasteiger partial charge is 0.243 e. The minimum Gasteiger partial charge on any atom is -0.492 e. The molecule has 36 heavy (non-hydrogen) atoms. The van der Waals surface area contributed by atoms with Crippen molar-refractivity contribution in [2.75, 3.05) is 39.3 Å². The maximum Gasteiger partial charge on any atom is 0.243 e. The van der Waals surface area contributed by atoms with E-state index >= 15 is 0 Å². The van der Waals surface area contributed by atoms with Gasteiger partial charge in [0, 0.05) is 25.6 Å². The fourth-order valence-corrected chi connectivity index (χ4v) is 6.54. The SMILES string of the molecule is O=C(NCCOc1ccc(S(=O)(=O)N2CCCCC2)cc1)C1CCN(Cc2ccc(Cl)c(Cl)c2)CC1. The van der Waals surface area contributed by atoms with E-state index in [1.54, 1.807) is 28.6 Å². The highest BCUT2D eigenvalue weighted by Crippen LogP contribution is 2.25. The Kier molecular flexibility index (Phi) is 9.52. The van der Waals surface area contributed by atoms with Crippen LogP contribution in [0, 0.1) is 5.92 Å². The number of rotatable bonds is 9. The number of ether oxygens (including phenoxy) is 1. The van der Waals surface area contributed by atoms with Crippen LogP contribution in [-0.4, -0.2) is 62.9 Å². The van der Waals surface area contributed by atoms with Crippen LogP contribution in [0.25, 0.3) is 0 Å². The van der Waals surface area contributed by atoms with Gasteiger partial charge >= 0.3 is 0 Å². The molecule has 1 N–H and O–H groups in total. The molecule has 2 aromatic rings. The van der Waals surface area contributed by atoms with Crippen molar-refractivity contribution in [1.29, 1.82) is 0 Å². The molecule has 0 aliphatic carbocycles. The summed E-state index contributed by atoms with van der Waals surface area (Å²) in [5, 5.41) is 4.08. The molecule has 1 amide bonds. The second-order valence-electron chi connectivity index (χ2n) is 9.37. The van der Waals surface area contributed by atoms with Crippen LogP contribution in [0.3, 0.4) is 0 Å². The first-order chi connectivity index (χ1) is 17.3. The van der Waals surface area contributed by atoms with Gasteiger partial charge in [-0.25, -0.2) is 8.42 Å². The summed E-state index contributed by atoms with van der Waals surface area (Å²) in [4.78, 5) is 15.2. The molecule has 0 atom stereocenters. The Morgan fingerprint density at radius 1 is 0.944 bits per heavy atom. The number of likely N-dealkylation sites (tertiary alicyclic amines) is 1. The van der Waals surface area contributed by atoms with E-state index in [1.165, 1.54) is 0 Å². The molecule has 0 aromatic heterocycles. The summed E-state index contributed by atoms with van der Waals surface area (Å²) in [6.07, 6.45) is 4.50. The quantitative estimate of drug-likeness (QED) is 0.460. The summed E-state index contributed by atoms with van der Waals surface area (Å²) in [6.45, 7) is 4.36. The molecular weight excluding hydrogens is 521 g/mol. The summed E-state index contributed by atoms with van der Waals surface area (Å²) in [5.74, 6) is 0.627. The van der Waals surface area contributed by atoms with Crippen LogP contribution < -0.4 is 10.1 Å². The molecule has 0 spiro atoms.